The van der Waals surface area contributed by atoms with Crippen molar-refractivity contribution >= 4 is 34.0 Å². The predicted octanol–water partition coefficient (Wildman–Crippen LogP) is 6.11. The van der Waals surface area contributed by atoms with Crippen LogP contribution in [0.2, 0.25) is 0 Å². The monoisotopic (exact) mass is 437 g/mol. The summed E-state index contributed by atoms with van der Waals surface area (Å²) in [5, 5.41) is 7.32. The number of Topliss-reactive ketones (excluding diaryl/α,β-unsaturated/α-hetero) is 1. The van der Waals surface area contributed by atoms with Gasteiger partial charge in [-0.3, -0.25) is 9.59 Å². The number of ketones is 1. The number of fused-ring (bicyclic) bond motifs is 1. The Morgan fingerprint density at radius 2 is 1.67 bits per heavy atom. The molecule has 0 spiro atoms. The molecule has 4 aromatic rings. The second-order valence-electron chi connectivity index (χ2n) is 8.59. The van der Waals surface area contributed by atoms with E-state index in [1.807, 2.05) is 72.9 Å². The molecule has 5 rings (SSSR count). The fourth-order valence-electron chi connectivity index (χ4n) is 4.22. The summed E-state index contributed by atoms with van der Waals surface area (Å²) in [7, 11) is 0. The third-order valence-electron chi connectivity index (χ3n) is 6.25. The SMILES string of the molecule is CCc1cccc2c(C(=O)C(Nc3ccc(NC(=O)C4CC4)cc3)c3ccccc3)c[nH]c12. The van der Waals surface area contributed by atoms with Crippen molar-refractivity contribution < 1.29 is 9.59 Å². The number of aromatic nitrogens is 1. The Hall–Kier alpha value is -3.86. The first-order valence-electron chi connectivity index (χ1n) is 11.5. The molecule has 1 fully saturated rings. The van der Waals surface area contributed by atoms with E-state index in [0.29, 0.717) is 5.56 Å². The molecule has 1 aromatic heterocycles. The zero-order chi connectivity index (χ0) is 22.8. The van der Waals surface area contributed by atoms with Crippen LogP contribution >= 0.6 is 0 Å². The molecule has 1 aliphatic carbocycles. The molecule has 3 aromatic carbocycles. The molecule has 1 aliphatic rings. The molecule has 0 radical (unpaired) electrons. The minimum Gasteiger partial charge on any atom is -0.371 e. The maximum atomic E-state index is 13.8. The number of para-hydroxylation sites is 1. The second kappa shape index (κ2) is 8.94. The van der Waals surface area contributed by atoms with Crippen molar-refractivity contribution in [3.8, 4) is 0 Å². The van der Waals surface area contributed by atoms with Crippen LogP contribution < -0.4 is 10.6 Å². The van der Waals surface area contributed by atoms with E-state index >= 15 is 0 Å². The molecule has 1 amide bonds. The highest BCUT2D eigenvalue weighted by atomic mass is 16.2. The zero-order valence-corrected chi connectivity index (χ0v) is 18.6. The standard InChI is InChI=1S/C28H27N3O2/c1-2-18-9-6-10-23-24(17-29-25(18)23)27(32)26(19-7-4-3-5-8-19)30-21-13-15-22(16-14-21)31-28(33)20-11-12-20/h3-10,13-17,20,26,29-30H,2,11-12H2,1H3,(H,31,33). The molecule has 33 heavy (non-hydrogen) atoms. The Morgan fingerprint density at radius 1 is 0.939 bits per heavy atom. The van der Waals surface area contributed by atoms with Crippen molar-refractivity contribution in [1.82, 2.24) is 4.98 Å². The first-order chi connectivity index (χ1) is 16.1. The molecule has 0 bridgehead atoms. The highest BCUT2D eigenvalue weighted by molar-refractivity contribution is 6.12. The molecule has 0 aliphatic heterocycles. The van der Waals surface area contributed by atoms with Crippen LogP contribution in [0.25, 0.3) is 10.9 Å². The van der Waals surface area contributed by atoms with Crippen LogP contribution in [-0.4, -0.2) is 16.7 Å². The number of aromatic amines is 1. The van der Waals surface area contributed by atoms with E-state index in [1.165, 1.54) is 5.56 Å². The van der Waals surface area contributed by atoms with Gasteiger partial charge in [0, 0.05) is 40.0 Å². The maximum Gasteiger partial charge on any atom is 0.227 e. The molecule has 166 valence electrons. The maximum absolute atomic E-state index is 13.8. The minimum absolute atomic E-state index is 0.00631. The van der Waals surface area contributed by atoms with Crippen molar-refractivity contribution in [3.05, 3.63) is 95.7 Å². The van der Waals surface area contributed by atoms with E-state index in [4.69, 9.17) is 0 Å². The third-order valence-corrected chi connectivity index (χ3v) is 6.25. The predicted molar refractivity (Wildman–Crippen MR) is 133 cm³/mol. The molecule has 5 nitrogen and oxygen atoms in total. The lowest BCUT2D eigenvalue weighted by atomic mass is 9.96. The fourth-order valence-corrected chi connectivity index (χ4v) is 4.22. The lowest BCUT2D eigenvalue weighted by molar-refractivity contribution is -0.117. The Balaban J connectivity index is 1.43. The van der Waals surface area contributed by atoms with Gasteiger partial charge in [0.2, 0.25) is 5.91 Å². The lowest BCUT2D eigenvalue weighted by Gasteiger charge is -2.19. The first-order valence-corrected chi connectivity index (χ1v) is 11.5. The number of H-pyrrole nitrogens is 1. The van der Waals surface area contributed by atoms with Gasteiger partial charge in [0.25, 0.3) is 0 Å². The number of rotatable bonds is 8. The van der Waals surface area contributed by atoms with Gasteiger partial charge in [-0.1, -0.05) is 55.5 Å². The summed E-state index contributed by atoms with van der Waals surface area (Å²) in [6.07, 6.45) is 4.66. The Morgan fingerprint density at radius 3 is 2.36 bits per heavy atom. The summed E-state index contributed by atoms with van der Waals surface area (Å²) in [5.74, 6) is 0.248. The Kier molecular flexibility index (Phi) is 5.69. The van der Waals surface area contributed by atoms with Gasteiger partial charge >= 0.3 is 0 Å². The highest BCUT2D eigenvalue weighted by Crippen LogP contribution is 2.31. The van der Waals surface area contributed by atoms with Crippen LogP contribution in [0.15, 0.2) is 79.0 Å². The van der Waals surface area contributed by atoms with Crippen LogP contribution in [0.1, 0.15) is 47.3 Å². The molecule has 3 N–H and O–H groups in total. The summed E-state index contributed by atoms with van der Waals surface area (Å²) in [5.41, 5.74) is 5.37. The molecular weight excluding hydrogens is 410 g/mol. The van der Waals surface area contributed by atoms with E-state index < -0.39 is 6.04 Å². The highest BCUT2D eigenvalue weighted by Gasteiger charge is 2.29. The summed E-state index contributed by atoms with van der Waals surface area (Å²) < 4.78 is 0. The summed E-state index contributed by atoms with van der Waals surface area (Å²) in [6.45, 7) is 2.11. The van der Waals surface area contributed by atoms with Gasteiger partial charge < -0.3 is 15.6 Å². The lowest BCUT2D eigenvalue weighted by Crippen LogP contribution is -2.21. The van der Waals surface area contributed by atoms with Gasteiger partial charge in [0.1, 0.15) is 6.04 Å². The molecule has 5 heteroatoms. The third kappa shape index (κ3) is 4.40. The number of anilines is 2. The average molecular weight is 438 g/mol. The average Bonchev–Trinajstić information content (AvgIpc) is 3.62. The number of benzene rings is 3. The number of carbonyl (C=O) groups excluding carboxylic acids is 2. The number of carbonyl (C=O) groups is 2. The van der Waals surface area contributed by atoms with E-state index in [9.17, 15) is 9.59 Å². The van der Waals surface area contributed by atoms with Gasteiger partial charge in [-0.05, 0) is 54.7 Å². The number of aryl methyl sites for hydroxylation is 1. The normalized spacial score (nSPS) is 14.1. The van der Waals surface area contributed by atoms with Crippen molar-refractivity contribution in [2.45, 2.75) is 32.2 Å². The number of hydrogen-bond acceptors (Lipinski definition) is 3. The largest absolute Gasteiger partial charge is 0.371 e. The van der Waals surface area contributed by atoms with Crippen molar-refractivity contribution in [3.63, 3.8) is 0 Å². The van der Waals surface area contributed by atoms with Crippen molar-refractivity contribution in [2.24, 2.45) is 5.92 Å². The van der Waals surface area contributed by atoms with E-state index in [2.05, 4.69) is 28.6 Å². The van der Waals surface area contributed by atoms with E-state index in [0.717, 1.165) is 47.1 Å². The van der Waals surface area contributed by atoms with Gasteiger partial charge in [0.05, 0.1) is 0 Å². The van der Waals surface area contributed by atoms with Gasteiger partial charge in [-0.2, -0.15) is 0 Å². The quantitative estimate of drug-likeness (QED) is 0.291. The molecule has 1 atom stereocenters. The van der Waals surface area contributed by atoms with Crippen LogP contribution in [0, 0.1) is 5.92 Å². The minimum atomic E-state index is -0.539. The molecule has 1 saturated carbocycles. The molecular formula is C28H27N3O2. The Labute approximate surface area is 193 Å². The summed E-state index contributed by atoms with van der Waals surface area (Å²) in [4.78, 5) is 29.1. The van der Waals surface area contributed by atoms with Crippen molar-refractivity contribution in [2.75, 3.05) is 10.6 Å². The molecule has 1 heterocycles. The summed E-state index contributed by atoms with van der Waals surface area (Å²) in [6, 6.07) is 22.8. The molecule has 0 saturated heterocycles. The van der Waals surface area contributed by atoms with Crippen molar-refractivity contribution in [1.29, 1.82) is 0 Å². The van der Waals surface area contributed by atoms with E-state index in [1.54, 1.807) is 0 Å². The van der Waals surface area contributed by atoms with Gasteiger partial charge in [0.15, 0.2) is 5.78 Å². The van der Waals surface area contributed by atoms with Crippen LogP contribution in [0.5, 0.6) is 0 Å². The topological polar surface area (TPSA) is 74.0 Å². The van der Waals surface area contributed by atoms with Gasteiger partial charge in [-0.25, -0.2) is 0 Å². The number of hydrogen-bond donors (Lipinski definition) is 3. The number of amides is 1. The number of nitrogens with one attached hydrogen (secondary N) is 3. The van der Waals surface area contributed by atoms with E-state index in [-0.39, 0.29) is 17.6 Å². The fraction of sp³-hybridized carbons (Fsp3) is 0.214. The van der Waals surface area contributed by atoms with Crippen LogP contribution in [0.3, 0.4) is 0 Å². The smallest absolute Gasteiger partial charge is 0.227 e. The summed E-state index contributed by atoms with van der Waals surface area (Å²) >= 11 is 0. The van der Waals surface area contributed by atoms with Crippen LogP contribution in [0.4, 0.5) is 11.4 Å². The van der Waals surface area contributed by atoms with Gasteiger partial charge in [-0.15, -0.1) is 0 Å². The van der Waals surface area contributed by atoms with Crippen LogP contribution in [-0.2, 0) is 11.2 Å². The first kappa shape index (κ1) is 21.0. The zero-order valence-electron chi connectivity index (χ0n) is 18.6. The molecule has 1 unspecified atom stereocenters. The second-order valence-corrected chi connectivity index (χ2v) is 8.59. The Bertz CT molecular complexity index is 1290.